The molecule has 16 heavy (non-hydrogen) atoms. The van der Waals surface area contributed by atoms with E-state index in [1.165, 1.54) is 11.3 Å². The molecular weight excluding hydrogens is 224 g/mol. The first kappa shape index (κ1) is 12.5. The van der Waals surface area contributed by atoms with Crippen molar-refractivity contribution in [3.05, 3.63) is 17.5 Å². The quantitative estimate of drug-likeness (QED) is 0.597. The molecule has 0 radical (unpaired) electrons. The second-order valence-electron chi connectivity index (χ2n) is 3.44. The van der Waals surface area contributed by atoms with Crippen LogP contribution in [0.4, 0.5) is 10.9 Å². The van der Waals surface area contributed by atoms with Gasteiger partial charge in [0.1, 0.15) is 10.7 Å². The molecule has 1 heterocycles. The van der Waals surface area contributed by atoms with Gasteiger partial charge in [0.15, 0.2) is 5.13 Å². The number of amides is 1. The van der Waals surface area contributed by atoms with Gasteiger partial charge in [-0.1, -0.05) is 17.4 Å². The van der Waals surface area contributed by atoms with Crippen molar-refractivity contribution < 1.29 is 4.79 Å². The van der Waals surface area contributed by atoms with Gasteiger partial charge in [0.2, 0.25) is 0 Å². The normalized spacial score (nSPS) is 9.88. The number of nitrogens with two attached hydrogens (primary N) is 1. The molecule has 3 N–H and O–H groups in total. The van der Waals surface area contributed by atoms with Crippen molar-refractivity contribution in [1.29, 1.82) is 0 Å². The number of aromatic nitrogens is 1. The number of nitrogen functional groups attached to an aromatic ring is 1. The van der Waals surface area contributed by atoms with Gasteiger partial charge in [-0.05, 0) is 6.42 Å². The molecule has 6 heteroatoms. The van der Waals surface area contributed by atoms with Crippen molar-refractivity contribution in [3.8, 4) is 0 Å². The Kier molecular flexibility index (Phi) is 4.30. The standard InChI is InChI=1S/C10H16N4OS/c1-4-5-6-12-9(15)7-8(11)13-10(16-7)14(2)3/h4H,1,5-6,11H2,2-3H3,(H,12,15). The van der Waals surface area contributed by atoms with Crippen LogP contribution >= 0.6 is 11.3 Å². The third-order valence-corrected chi connectivity index (χ3v) is 3.10. The highest BCUT2D eigenvalue weighted by Gasteiger charge is 2.16. The van der Waals surface area contributed by atoms with Crippen LogP contribution in [0.25, 0.3) is 0 Å². The largest absolute Gasteiger partial charge is 0.382 e. The summed E-state index contributed by atoms with van der Waals surface area (Å²) in [4.78, 5) is 18.1. The van der Waals surface area contributed by atoms with E-state index in [9.17, 15) is 4.79 Å². The molecule has 0 spiro atoms. The fourth-order valence-electron chi connectivity index (χ4n) is 1.04. The van der Waals surface area contributed by atoms with E-state index in [2.05, 4.69) is 16.9 Å². The third kappa shape index (κ3) is 2.96. The first-order valence-corrected chi connectivity index (χ1v) is 5.70. The number of nitrogens with one attached hydrogen (secondary N) is 1. The van der Waals surface area contributed by atoms with Crippen LogP contribution < -0.4 is 16.0 Å². The monoisotopic (exact) mass is 240 g/mol. The molecular formula is C10H16N4OS. The molecule has 0 unspecified atom stereocenters. The van der Waals surface area contributed by atoms with Crippen molar-refractivity contribution >= 4 is 28.2 Å². The topological polar surface area (TPSA) is 71.2 Å². The number of anilines is 2. The molecule has 1 aromatic heterocycles. The predicted octanol–water partition coefficient (Wildman–Crippen LogP) is 1.10. The average molecular weight is 240 g/mol. The second kappa shape index (κ2) is 5.50. The highest BCUT2D eigenvalue weighted by Crippen LogP contribution is 2.26. The van der Waals surface area contributed by atoms with Gasteiger partial charge in [-0.3, -0.25) is 4.79 Å². The maximum Gasteiger partial charge on any atom is 0.265 e. The number of hydrogen-bond donors (Lipinski definition) is 2. The number of carbonyl (C=O) groups is 1. The van der Waals surface area contributed by atoms with E-state index in [1.54, 1.807) is 6.08 Å². The fourth-order valence-corrected chi connectivity index (χ4v) is 1.87. The smallest absolute Gasteiger partial charge is 0.265 e. The SMILES string of the molecule is C=CCCNC(=O)c1sc(N(C)C)nc1N. The summed E-state index contributed by atoms with van der Waals surface area (Å²) in [5.41, 5.74) is 5.68. The lowest BCUT2D eigenvalue weighted by atomic mass is 10.4. The molecule has 0 saturated heterocycles. The van der Waals surface area contributed by atoms with Crippen molar-refractivity contribution in [1.82, 2.24) is 10.3 Å². The number of thiazole rings is 1. The van der Waals surface area contributed by atoms with E-state index < -0.39 is 0 Å². The molecule has 0 aliphatic carbocycles. The van der Waals surface area contributed by atoms with Crippen LogP contribution in [0.3, 0.4) is 0 Å². The van der Waals surface area contributed by atoms with Crippen molar-refractivity contribution in [2.45, 2.75) is 6.42 Å². The van der Waals surface area contributed by atoms with E-state index in [0.717, 1.165) is 11.6 Å². The Morgan fingerprint density at radius 1 is 1.69 bits per heavy atom. The van der Waals surface area contributed by atoms with E-state index in [0.29, 0.717) is 11.4 Å². The van der Waals surface area contributed by atoms with Crippen LogP contribution in [-0.4, -0.2) is 31.5 Å². The summed E-state index contributed by atoms with van der Waals surface area (Å²) in [5.74, 6) is 0.106. The van der Waals surface area contributed by atoms with Crippen LogP contribution in [0.1, 0.15) is 16.1 Å². The van der Waals surface area contributed by atoms with Gasteiger partial charge in [-0.2, -0.15) is 0 Å². The molecule has 1 aromatic rings. The molecule has 0 aliphatic heterocycles. The van der Waals surface area contributed by atoms with Gasteiger partial charge in [0.25, 0.3) is 5.91 Å². The van der Waals surface area contributed by atoms with Crippen LogP contribution in [0.5, 0.6) is 0 Å². The van der Waals surface area contributed by atoms with E-state index in [4.69, 9.17) is 5.73 Å². The molecule has 0 atom stereocenters. The molecule has 88 valence electrons. The van der Waals surface area contributed by atoms with Gasteiger partial charge in [-0.15, -0.1) is 6.58 Å². The van der Waals surface area contributed by atoms with Gasteiger partial charge in [0, 0.05) is 20.6 Å². The lowest BCUT2D eigenvalue weighted by Gasteiger charge is -2.05. The average Bonchev–Trinajstić information content (AvgIpc) is 2.61. The zero-order chi connectivity index (χ0) is 12.1. The third-order valence-electron chi connectivity index (χ3n) is 1.86. The highest BCUT2D eigenvalue weighted by atomic mass is 32.1. The van der Waals surface area contributed by atoms with Crippen LogP contribution in [0, 0.1) is 0 Å². The van der Waals surface area contributed by atoms with Gasteiger partial charge in [-0.25, -0.2) is 4.98 Å². The maximum atomic E-state index is 11.7. The maximum absolute atomic E-state index is 11.7. The summed E-state index contributed by atoms with van der Waals surface area (Å²) in [6.45, 7) is 4.15. The summed E-state index contributed by atoms with van der Waals surface area (Å²) in [6, 6.07) is 0. The Hall–Kier alpha value is -1.56. The van der Waals surface area contributed by atoms with Gasteiger partial charge in [0.05, 0.1) is 0 Å². The Labute approximate surface area is 99.0 Å². The lowest BCUT2D eigenvalue weighted by Crippen LogP contribution is -2.23. The van der Waals surface area contributed by atoms with E-state index in [1.807, 2.05) is 19.0 Å². The Bertz CT molecular complexity index is 386. The van der Waals surface area contributed by atoms with Crippen molar-refractivity contribution in [2.75, 3.05) is 31.3 Å². The van der Waals surface area contributed by atoms with E-state index in [-0.39, 0.29) is 11.7 Å². The zero-order valence-electron chi connectivity index (χ0n) is 9.49. The fraction of sp³-hybridized carbons (Fsp3) is 0.400. The number of hydrogen-bond acceptors (Lipinski definition) is 5. The Balaban J connectivity index is 2.71. The second-order valence-corrected chi connectivity index (χ2v) is 4.42. The summed E-state index contributed by atoms with van der Waals surface area (Å²) < 4.78 is 0. The summed E-state index contributed by atoms with van der Waals surface area (Å²) in [6.07, 6.45) is 2.49. The van der Waals surface area contributed by atoms with Crippen LogP contribution in [-0.2, 0) is 0 Å². The number of nitrogens with zero attached hydrogens (tertiary/aromatic N) is 2. The van der Waals surface area contributed by atoms with Crippen molar-refractivity contribution in [2.24, 2.45) is 0 Å². The van der Waals surface area contributed by atoms with Gasteiger partial charge >= 0.3 is 0 Å². The minimum absolute atomic E-state index is 0.176. The molecule has 1 amide bonds. The van der Waals surface area contributed by atoms with E-state index >= 15 is 0 Å². The molecule has 1 rings (SSSR count). The Morgan fingerprint density at radius 2 is 2.38 bits per heavy atom. The highest BCUT2D eigenvalue weighted by molar-refractivity contribution is 7.18. The summed E-state index contributed by atoms with van der Waals surface area (Å²) in [5, 5.41) is 3.48. The van der Waals surface area contributed by atoms with Crippen LogP contribution in [0.15, 0.2) is 12.7 Å². The molecule has 0 bridgehead atoms. The first-order chi connectivity index (χ1) is 7.56. The van der Waals surface area contributed by atoms with Crippen molar-refractivity contribution in [3.63, 3.8) is 0 Å². The summed E-state index contributed by atoms with van der Waals surface area (Å²) in [7, 11) is 3.72. The van der Waals surface area contributed by atoms with Gasteiger partial charge < -0.3 is 16.0 Å². The zero-order valence-corrected chi connectivity index (χ0v) is 10.3. The lowest BCUT2D eigenvalue weighted by molar-refractivity contribution is 0.0959. The minimum atomic E-state index is -0.176. The molecule has 0 aromatic carbocycles. The Morgan fingerprint density at radius 3 is 2.88 bits per heavy atom. The molecule has 0 fully saturated rings. The molecule has 0 saturated carbocycles. The molecule has 5 nitrogen and oxygen atoms in total. The van der Waals surface area contributed by atoms with Crippen LogP contribution in [0.2, 0.25) is 0 Å². The number of carbonyl (C=O) groups excluding carboxylic acids is 1. The number of rotatable bonds is 5. The molecule has 0 aliphatic rings. The first-order valence-electron chi connectivity index (χ1n) is 4.89. The minimum Gasteiger partial charge on any atom is -0.382 e. The predicted molar refractivity (Wildman–Crippen MR) is 68.0 cm³/mol. The summed E-state index contributed by atoms with van der Waals surface area (Å²) >= 11 is 1.29.